The minimum absolute atomic E-state index is 0.0921. The van der Waals surface area contributed by atoms with Gasteiger partial charge in [0.05, 0.1) is 22.1 Å². The smallest absolute Gasteiger partial charge is 0.315 e. The Hall–Kier alpha value is -2.70. The number of likely N-dealkylation sites (N-methyl/N-ethyl adjacent to an activating group) is 1. The Kier molecular flexibility index (Phi) is 12.5. The molecule has 4 rings (SSSR count). The predicted molar refractivity (Wildman–Crippen MR) is 188 cm³/mol. The van der Waals surface area contributed by atoms with Gasteiger partial charge in [0, 0.05) is 13.1 Å². The average Bonchev–Trinajstić information content (AvgIpc) is 3.32. The Bertz CT molecular complexity index is 1350. The third kappa shape index (κ3) is 9.16. The molecule has 2 aliphatic heterocycles. The number of sulfone groups is 1. The van der Waals surface area contributed by atoms with Crippen LogP contribution in [-0.4, -0.2) is 90.1 Å². The van der Waals surface area contributed by atoms with Gasteiger partial charge < -0.3 is 26.2 Å². The second-order valence-electron chi connectivity index (χ2n) is 16.6. The Morgan fingerprint density at radius 2 is 1.47 bits per heavy atom. The molecule has 12 nitrogen and oxygen atoms in total. The van der Waals surface area contributed by atoms with Crippen LogP contribution in [0.15, 0.2) is 0 Å². The fraction of sp³-hybridized carbons (Fsp3) is 0.861. The van der Waals surface area contributed by atoms with Crippen molar-refractivity contribution in [3.8, 4) is 0 Å². The quantitative estimate of drug-likeness (QED) is 0.292. The zero-order chi connectivity index (χ0) is 36.2. The molecule has 4 fully saturated rings. The minimum atomic E-state index is -3.55. The zero-order valence-electron chi connectivity index (χ0n) is 30.6. The molecule has 2 heterocycles. The molecule has 49 heavy (non-hydrogen) atoms. The monoisotopic (exact) mass is 707 g/mol. The highest BCUT2D eigenvalue weighted by molar-refractivity contribution is 7.92. The molecule has 0 spiro atoms. The standard InChI is InChI=1S/C36H61N5O7S/c1-7-37-31(44)29(42)25-18-14-11-9-8-10-12-15-19-26(32(45)41-22-24-27(35(24,5)6)28(41)30(43)38-25)39-33(46)40-36(20-16-13-17-21-36)23-49(47,48)34(2,3)4/h24-28H,7-23H2,1-6H3,(H,37,44)(H,38,43)(H2,39,40,46)/t24-,25+,26+,27-,28-/m0/s1. The number of amides is 5. The summed E-state index contributed by atoms with van der Waals surface area (Å²) in [5.74, 6) is -2.39. The normalized spacial score (nSPS) is 29.5. The number of rotatable bonds is 7. The molecule has 0 unspecified atom stereocenters. The van der Waals surface area contributed by atoms with Gasteiger partial charge in [-0.15, -0.1) is 0 Å². The maximum absolute atomic E-state index is 14.4. The molecule has 0 aromatic carbocycles. The SMILES string of the molecule is CCNC(=O)C(=O)[C@H]1CCCCCCCCC[C@@H](NC(=O)NC2(CS(=O)(=O)C(C)(C)C)CCCCC2)C(=O)N2C[C@H]3[C@@H]([C@H]2C(=O)N1)C3(C)C. The first-order valence-corrected chi connectivity index (χ1v) is 20.3. The van der Waals surface area contributed by atoms with Gasteiger partial charge in [0.1, 0.15) is 12.1 Å². The van der Waals surface area contributed by atoms with Crippen LogP contribution >= 0.6 is 0 Å². The number of carbonyl (C=O) groups is 5. The van der Waals surface area contributed by atoms with Gasteiger partial charge in [0.25, 0.3) is 5.91 Å². The summed E-state index contributed by atoms with van der Waals surface area (Å²) >= 11 is 0. The Balaban J connectivity index is 1.58. The number of carbonyl (C=O) groups excluding carboxylic acids is 5. The summed E-state index contributed by atoms with van der Waals surface area (Å²) < 4.78 is 25.7. The molecular weight excluding hydrogens is 646 g/mol. The summed E-state index contributed by atoms with van der Waals surface area (Å²) in [6.07, 6.45) is 10.4. The van der Waals surface area contributed by atoms with Gasteiger partial charge in [-0.3, -0.25) is 19.2 Å². The van der Waals surface area contributed by atoms with E-state index in [-0.39, 0.29) is 28.9 Å². The van der Waals surface area contributed by atoms with Crippen molar-refractivity contribution in [3.05, 3.63) is 0 Å². The number of nitrogens with zero attached hydrogens (tertiary/aromatic N) is 1. The van der Waals surface area contributed by atoms with Crippen LogP contribution in [0.4, 0.5) is 4.79 Å². The lowest BCUT2D eigenvalue weighted by atomic mass is 9.83. The van der Waals surface area contributed by atoms with Crippen LogP contribution in [0, 0.1) is 17.3 Å². The van der Waals surface area contributed by atoms with E-state index in [2.05, 4.69) is 35.1 Å². The molecular formula is C36H61N5O7S. The molecule has 2 saturated heterocycles. The maximum atomic E-state index is 14.4. The van der Waals surface area contributed by atoms with Crippen molar-refractivity contribution >= 4 is 39.4 Å². The second kappa shape index (κ2) is 15.7. The number of Topliss-reactive ketones (excluding diaryl/α,β-unsaturated/α-hetero) is 1. The summed E-state index contributed by atoms with van der Waals surface area (Å²) in [6, 6.07) is -3.30. The van der Waals surface area contributed by atoms with Gasteiger partial charge in [0.2, 0.25) is 17.6 Å². The molecule has 0 aromatic rings. The number of piperidine rings is 1. The topological polar surface area (TPSA) is 171 Å². The molecule has 0 aromatic heterocycles. The molecule has 5 amide bonds. The van der Waals surface area contributed by atoms with Crippen molar-refractivity contribution in [1.82, 2.24) is 26.2 Å². The first kappa shape index (κ1) is 39.1. The summed E-state index contributed by atoms with van der Waals surface area (Å²) in [7, 11) is -3.55. The minimum Gasteiger partial charge on any atom is -0.350 e. The van der Waals surface area contributed by atoms with E-state index in [0.717, 1.165) is 51.4 Å². The highest BCUT2D eigenvalue weighted by Gasteiger charge is 2.69. The number of urea groups is 1. The van der Waals surface area contributed by atoms with Crippen LogP contribution < -0.4 is 21.3 Å². The van der Waals surface area contributed by atoms with Gasteiger partial charge in [-0.05, 0) is 70.6 Å². The van der Waals surface area contributed by atoms with E-state index in [0.29, 0.717) is 51.6 Å². The largest absolute Gasteiger partial charge is 0.350 e. The van der Waals surface area contributed by atoms with Crippen molar-refractivity contribution in [1.29, 1.82) is 0 Å². The lowest BCUT2D eigenvalue weighted by Crippen LogP contribution is -2.62. The van der Waals surface area contributed by atoms with Crippen molar-refractivity contribution in [2.75, 3.05) is 18.8 Å². The van der Waals surface area contributed by atoms with Crippen LogP contribution in [0.2, 0.25) is 0 Å². The highest BCUT2D eigenvalue weighted by Crippen LogP contribution is 2.65. The number of fused-ring (bicyclic) bond motifs is 3. The lowest BCUT2D eigenvalue weighted by molar-refractivity contribution is -0.144. The molecule has 2 aliphatic carbocycles. The van der Waals surface area contributed by atoms with Crippen molar-refractivity contribution in [2.45, 2.75) is 160 Å². The number of hydrogen-bond donors (Lipinski definition) is 4. The summed E-state index contributed by atoms with van der Waals surface area (Å²) in [5.41, 5.74) is -1.10. The van der Waals surface area contributed by atoms with Crippen molar-refractivity contribution < 1.29 is 32.4 Å². The molecule has 4 aliphatic rings. The number of hydrogen-bond acceptors (Lipinski definition) is 7. The molecule has 2 saturated carbocycles. The van der Waals surface area contributed by atoms with Gasteiger partial charge in [-0.2, -0.15) is 0 Å². The van der Waals surface area contributed by atoms with Crippen LogP contribution in [0.3, 0.4) is 0 Å². The summed E-state index contributed by atoms with van der Waals surface area (Å²) in [6.45, 7) is 11.5. The fourth-order valence-corrected chi connectivity index (χ4v) is 9.85. The first-order valence-electron chi connectivity index (χ1n) is 18.7. The first-order chi connectivity index (χ1) is 22.9. The zero-order valence-corrected chi connectivity index (χ0v) is 31.4. The summed E-state index contributed by atoms with van der Waals surface area (Å²) in [5, 5.41) is 11.4. The van der Waals surface area contributed by atoms with E-state index in [1.807, 2.05) is 0 Å². The molecule has 4 N–H and O–H groups in total. The van der Waals surface area contributed by atoms with E-state index < -0.39 is 61.9 Å². The van der Waals surface area contributed by atoms with Crippen molar-refractivity contribution in [3.63, 3.8) is 0 Å². The van der Waals surface area contributed by atoms with Crippen LogP contribution in [0.5, 0.6) is 0 Å². The van der Waals surface area contributed by atoms with Crippen molar-refractivity contribution in [2.24, 2.45) is 17.3 Å². The van der Waals surface area contributed by atoms with E-state index in [4.69, 9.17) is 0 Å². The number of ketones is 1. The van der Waals surface area contributed by atoms with E-state index in [1.165, 1.54) is 0 Å². The van der Waals surface area contributed by atoms with E-state index in [9.17, 15) is 32.4 Å². The fourth-order valence-electron chi connectivity index (χ4n) is 8.33. The van der Waals surface area contributed by atoms with E-state index >= 15 is 0 Å². The Labute approximate surface area is 293 Å². The number of nitrogens with one attached hydrogen (secondary N) is 4. The molecule has 5 atom stereocenters. The Morgan fingerprint density at radius 3 is 2.06 bits per heavy atom. The van der Waals surface area contributed by atoms with Crippen LogP contribution in [-0.2, 0) is 29.0 Å². The maximum Gasteiger partial charge on any atom is 0.315 e. The lowest BCUT2D eigenvalue weighted by Gasteiger charge is -2.40. The molecule has 0 radical (unpaired) electrons. The second-order valence-corrected chi connectivity index (χ2v) is 19.3. The average molecular weight is 708 g/mol. The molecule has 13 heteroatoms. The molecule has 0 bridgehead atoms. The third-order valence-electron chi connectivity index (χ3n) is 11.6. The van der Waals surface area contributed by atoms with Gasteiger partial charge in [-0.25, -0.2) is 13.2 Å². The van der Waals surface area contributed by atoms with Crippen LogP contribution in [0.1, 0.15) is 131 Å². The Morgan fingerprint density at radius 1 is 0.898 bits per heavy atom. The predicted octanol–water partition coefficient (Wildman–Crippen LogP) is 3.77. The van der Waals surface area contributed by atoms with Gasteiger partial charge in [0.15, 0.2) is 9.84 Å². The third-order valence-corrected chi connectivity index (χ3v) is 14.4. The van der Waals surface area contributed by atoms with Crippen LogP contribution in [0.25, 0.3) is 0 Å². The molecule has 278 valence electrons. The van der Waals surface area contributed by atoms with Gasteiger partial charge in [-0.1, -0.05) is 78.1 Å². The summed E-state index contributed by atoms with van der Waals surface area (Å²) in [4.78, 5) is 69.5. The van der Waals surface area contributed by atoms with E-state index in [1.54, 1.807) is 32.6 Å². The highest BCUT2D eigenvalue weighted by atomic mass is 32.2. The van der Waals surface area contributed by atoms with Gasteiger partial charge >= 0.3 is 6.03 Å².